The summed E-state index contributed by atoms with van der Waals surface area (Å²) in [5, 5.41) is 0. The molecule has 2 saturated heterocycles. The van der Waals surface area contributed by atoms with Crippen LogP contribution in [0.15, 0.2) is 42.5 Å². The number of benzene rings is 2. The highest BCUT2D eigenvalue weighted by Gasteiger charge is 2.57. The first-order valence-corrected chi connectivity index (χ1v) is 21.7. The average Bonchev–Trinajstić information content (AvgIpc) is 3.24. The fourth-order valence-electron chi connectivity index (χ4n) is 7.14. The van der Waals surface area contributed by atoms with E-state index in [9.17, 15) is 47.9 Å². The SMILES string of the molecule is CC(=O)Oc1ccc(/C=C/C(=O)OC[C@H]2O[C@@H](OCCc3ccc(OC(C)=O)c(OC(C)=O)c3)[C@H](OC(C)=O)[C@@H](O[C@@H]3O[C@@H](C)[C@H](OC(C)=O)[C@@H](OC(C)=O)[C@H]3OC(C)=O)[C@@H]2OC(C)=O)cc1OC(C)=O. The van der Waals surface area contributed by atoms with Crippen LogP contribution in [0.2, 0.25) is 0 Å². The summed E-state index contributed by atoms with van der Waals surface area (Å²) in [6, 6.07) is 8.43. The topological polar surface area (TPSA) is 300 Å². The van der Waals surface area contributed by atoms with Crippen LogP contribution in [0.1, 0.15) is 80.4 Å². The van der Waals surface area contributed by atoms with E-state index in [2.05, 4.69) is 0 Å². The normalized spacial score (nSPS) is 23.7. The van der Waals surface area contributed by atoms with Crippen LogP contribution >= 0.6 is 0 Å². The first-order valence-electron chi connectivity index (χ1n) is 21.7. The van der Waals surface area contributed by atoms with Gasteiger partial charge in [0.2, 0.25) is 0 Å². The quantitative estimate of drug-likeness (QED) is 0.0845. The number of carbonyl (C=O) groups excluding carboxylic acids is 10. The molecule has 10 atom stereocenters. The van der Waals surface area contributed by atoms with Crippen molar-refractivity contribution in [1.29, 1.82) is 0 Å². The van der Waals surface area contributed by atoms with Crippen molar-refractivity contribution in [1.82, 2.24) is 0 Å². The van der Waals surface area contributed by atoms with E-state index in [1.165, 1.54) is 43.3 Å². The highest BCUT2D eigenvalue weighted by atomic mass is 16.8. The zero-order chi connectivity index (χ0) is 52.7. The summed E-state index contributed by atoms with van der Waals surface area (Å²) in [5.74, 6) is -8.60. The highest BCUT2D eigenvalue weighted by molar-refractivity contribution is 5.87. The lowest BCUT2D eigenvalue weighted by atomic mass is 9.96. The van der Waals surface area contributed by atoms with Crippen molar-refractivity contribution in [3.63, 3.8) is 0 Å². The molecule has 0 saturated carbocycles. The Balaban J connectivity index is 1.76. The fraction of sp³-hybridized carbons (Fsp3) is 0.489. The maximum Gasteiger partial charge on any atom is 0.330 e. The second-order valence-electron chi connectivity index (χ2n) is 15.7. The van der Waals surface area contributed by atoms with E-state index in [1.54, 1.807) is 6.07 Å². The van der Waals surface area contributed by atoms with Gasteiger partial charge in [-0.1, -0.05) is 12.1 Å². The van der Waals surface area contributed by atoms with Gasteiger partial charge in [0.25, 0.3) is 0 Å². The molecule has 0 aliphatic carbocycles. The zero-order valence-corrected chi connectivity index (χ0v) is 40.3. The Morgan fingerprint density at radius 1 is 0.493 bits per heavy atom. The molecule has 4 rings (SSSR count). The van der Waals surface area contributed by atoms with E-state index in [1.807, 2.05) is 0 Å². The summed E-state index contributed by atoms with van der Waals surface area (Å²) in [6.07, 6.45) is -13.5. The molecule has 2 aliphatic heterocycles. The van der Waals surface area contributed by atoms with Gasteiger partial charge >= 0.3 is 59.7 Å². The molecule has 2 aliphatic rings. The third-order valence-corrected chi connectivity index (χ3v) is 9.59. The van der Waals surface area contributed by atoms with Gasteiger partial charge in [0.15, 0.2) is 66.1 Å². The second-order valence-corrected chi connectivity index (χ2v) is 15.7. The van der Waals surface area contributed by atoms with Crippen molar-refractivity contribution in [2.45, 2.75) is 137 Å². The molecule has 2 aromatic rings. The molecule has 71 heavy (non-hydrogen) atoms. The third-order valence-electron chi connectivity index (χ3n) is 9.59. The Kier molecular flexibility index (Phi) is 20.7. The molecule has 0 unspecified atom stereocenters. The van der Waals surface area contributed by atoms with Gasteiger partial charge in [-0.05, 0) is 54.8 Å². The van der Waals surface area contributed by atoms with E-state index in [-0.39, 0.29) is 36.0 Å². The number of hydrogen-bond acceptors (Lipinski definition) is 24. The number of carbonyl (C=O) groups is 10. The molecule has 0 spiro atoms. The summed E-state index contributed by atoms with van der Waals surface area (Å²) >= 11 is 0. The molecule has 0 aromatic heterocycles. The van der Waals surface area contributed by atoms with Crippen LogP contribution in [-0.2, 0) is 102 Å². The Bertz CT molecular complexity index is 2360. The molecule has 0 bridgehead atoms. The number of ether oxygens (including phenoxy) is 14. The molecule has 2 aromatic carbocycles. The van der Waals surface area contributed by atoms with Crippen LogP contribution in [0.4, 0.5) is 0 Å². The molecule has 2 fully saturated rings. The molecular formula is C47H54O24. The fourth-order valence-corrected chi connectivity index (χ4v) is 7.14. The van der Waals surface area contributed by atoms with Crippen LogP contribution in [0, 0.1) is 0 Å². The zero-order valence-electron chi connectivity index (χ0n) is 40.3. The predicted molar refractivity (Wildman–Crippen MR) is 233 cm³/mol. The summed E-state index contributed by atoms with van der Waals surface area (Å²) in [6.45, 7) is 10.3. The van der Waals surface area contributed by atoms with Crippen molar-refractivity contribution in [2.75, 3.05) is 13.2 Å². The largest absolute Gasteiger partial charge is 0.460 e. The summed E-state index contributed by atoms with van der Waals surface area (Å²) in [5.41, 5.74) is 0.772. The maximum absolute atomic E-state index is 13.3. The van der Waals surface area contributed by atoms with E-state index in [0.29, 0.717) is 11.1 Å². The van der Waals surface area contributed by atoms with Crippen molar-refractivity contribution < 1.29 is 114 Å². The van der Waals surface area contributed by atoms with Crippen molar-refractivity contribution in [2.24, 2.45) is 0 Å². The van der Waals surface area contributed by atoms with E-state index in [4.69, 9.17) is 66.3 Å². The van der Waals surface area contributed by atoms with Crippen LogP contribution in [0.25, 0.3) is 6.08 Å². The Morgan fingerprint density at radius 2 is 0.958 bits per heavy atom. The van der Waals surface area contributed by atoms with E-state index in [0.717, 1.165) is 68.4 Å². The van der Waals surface area contributed by atoms with Gasteiger partial charge in [-0.3, -0.25) is 43.2 Å². The van der Waals surface area contributed by atoms with Crippen LogP contribution in [-0.4, -0.2) is 134 Å². The van der Waals surface area contributed by atoms with Crippen molar-refractivity contribution in [3.05, 3.63) is 53.6 Å². The Morgan fingerprint density at radius 3 is 1.49 bits per heavy atom. The molecule has 24 nitrogen and oxygen atoms in total. The lowest BCUT2D eigenvalue weighted by Crippen LogP contribution is -2.66. The lowest BCUT2D eigenvalue weighted by molar-refractivity contribution is -0.359. The smallest absolute Gasteiger partial charge is 0.330 e. The van der Waals surface area contributed by atoms with Crippen LogP contribution < -0.4 is 18.9 Å². The van der Waals surface area contributed by atoms with E-state index >= 15 is 0 Å². The molecular weight excluding hydrogens is 948 g/mol. The molecule has 0 N–H and O–H groups in total. The van der Waals surface area contributed by atoms with Crippen molar-refractivity contribution >= 4 is 65.8 Å². The van der Waals surface area contributed by atoms with Gasteiger partial charge in [-0.2, -0.15) is 0 Å². The monoisotopic (exact) mass is 1000 g/mol. The van der Waals surface area contributed by atoms with E-state index < -0.39 is 128 Å². The average molecular weight is 1000 g/mol. The first kappa shape index (κ1) is 56.3. The predicted octanol–water partition coefficient (Wildman–Crippen LogP) is 2.72. The lowest BCUT2D eigenvalue weighted by Gasteiger charge is -2.48. The minimum Gasteiger partial charge on any atom is -0.460 e. The molecule has 386 valence electrons. The standard InChI is InChI=1S/C47H54O24/c1-22-40(65-27(6)52)42(67-29(8)54)45(69-31(10)56)47(60-22)71-43-41(66-28(7)53)38(21-59-39(57)16-13-32-11-14-34(61-23(2)48)36(19-32)63-25(4)50)70-46(44(43)68-30(9)55)58-18-17-33-12-15-35(62-24(3)49)37(20-33)64-26(5)51/h11-16,19-20,22,38,40-47H,17-18,21H2,1-10H3/b16-13+/t22-,38+,40-,41+,42+,43-,44+,45+,46+,47-/m0/s1. The number of hydrogen-bond donors (Lipinski definition) is 0. The summed E-state index contributed by atoms with van der Waals surface area (Å²) in [7, 11) is 0. The highest BCUT2D eigenvalue weighted by Crippen LogP contribution is 2.36. The van der Waals surface area contributed by atoms with Crippen molar-refractivity contribution in [3.8, 4) is 23.0 Å². The Labute approximate surface area is 406 Å². The molecule has 24 heteroatoms. The maximum atomic E-state index is 13.3. The van der Waals surface area contributed by atoms with Gasteiger partial charge in [0.05, 0.1) is 12.7 Å². The minimum absolute atomic E-state index is 0.0328. The van der Waals surface area contributed by atoms with Gasteiger partial charge in [0, 0.05) is 68.4 Å². The number of esters is 10. The van der Waals surface area contributed by atoms with Gasteiger partial charge < -0.3 is 66.3 Å². The van der Waals surface area contributed by atoms with Gasteiger partial charge in [-0.15, -0.1) is 0 Å². The second kappa shape index (κ2) is 26.1. The van der Waals surface area contributed by atoms with Crippen LogP contribution in [0.3, 0.4) is 0 Å². The van der Waals surface area contributed by atoms with Gasteiger partial charge in [-0.25, -0.2) is 4.79 Å². The molecule has 0 radical (unpaired) electrons. The van der Waals surface area contributed by atoms with Crippen LogP contribution in [0.5, 0.6) is 23.0 Å². The number of rotatable bonds is 19. The van der Waals surface area contributed by atoms with Gasteiger partial charge in [0.1, 0.15) is 18.8 Å². The minimum atomic E-state index is -1.78. The molecule has 2 heterocycles. The first-order chi connectivity index (χ1) is 33.4. The third kappa shape index (κ3) is 17.6. The summed E-state index contributed by atoms with van der Waals surface area (Å²) in [4.78, 5) is 123. The molecule has 0 amide bonds. The summed E-state index contributed by atoms with van der Waals surface area (Å²) < 4.78 is 79.0. The Hall–Kier alpha value is -7.28.